The van der Waals surface area contributed by atoms with Crippen LogP contribution < -0.4 is 20.1 Å². The van der Waals surface area contributed by atoms with Gasteiger partial charge in [-0.1, -0.05) is 36.4 Å². The van der Waals surface area contributed by atoms with Crippen LogP contribution >= 0.6 is 0 Å². The van der Waals surface area contributed by atoms with Crippen molar-refractivity contribution >= 4 is 17.9 Å². The molecule has 0 unspecified atom stereocenters. The molecule has 0 saturated carbocycles. The zero-order valence-electron chi connectivity index (χ0n) is 17.1. The van der Waals surface area contributed by atoms with Crippen LogP contribution in [0.1, 0.15) is 25.0 Å². The van der Waals surface area contributed by atoms with Gasteiger partial charge in [0.2, 0.25) is 11.8 Å². The maximum absolute atomic E-state index is 12.0. The first-order chi connectivity index (χ1) is 14.0. The molecule has 0 atom stereocenters. The summed E-state index contributed by atoms with van der Waals surface area (Å²) in [5, 5.41) is 5.53. The van der Waals surface area contributed by atoms with Crippen molar-refractivity contribution in [3.63, 3.8) is 0 Å². The molecule has 0 spiro atoms. The summed E-state index contributed by atoms with van der Waals surface area (Å²) in [5.74, 6) is 0.971. The highest BCUT2D eigenvalue weighted by Gasteiger charge is 2.07. The lowest BCUT2D eigenvalue weighted by atomic mass is 10.1. The molecule has 0 radical (unpaired) electrons. The Balaban J connectivity index is 1.74. The van der Waals surface area contributed by atoms with Gasteiger partial charge in [-0.3, -0.25) is 9.59 Å². The van der Waals surface area contributed by atoms with E-state index in [9.17, 15) is 9.59 Å². The Hall–Kier alpha value is -3.28. The Morgan fingerprint density at radius 3 is 2.41 bits per heavy atom. The minimum Gasteiger partial charge on any atom is -0.493 e. The second-order valence-electron chi connectivity index (χ2n) is 6.71. The van der Waals surface area contributed by atoms with Crippen LogP contribution in [0.2, 0.25) is 0 Å². The first-order valence-corrected chi connectivity index (χ1v) is 9.59. The van der Waals surface area contributed by atoms with Crippen molar-refractivity contribution in [3.8, 4) is 11.5 Å². The van der Waals surface area contributed by atoms with Crippen LogP contribution in [0.4, 0.5) is 0 Å². The molecule has 0 aromatic heterocycles. The van der Waals surface area contributed by atoms with E-state index in [0.29, 0.717) is 31.0 Å². The number of carbonyl (C=O) groups excluding carboxylic acids is 2. The smallest absolute Gasteiger partial charge is 0.244 e. The number of rotatable bonds is 10. The van der Waals surface area contributed by atoms with Crippen LogP contribution in [-0.2, 0) is 16.0 Å². The third kappa shape index (κ3) is 8.09. The summed E-state index contributed by atoms with van der Waals surface area (Å²) in [6.07, 6.45) is 3.52. The highest BCUT2D eigenvalue weighted by Crippen LogP contribution is 2.29. The molecule has 0 aliphatic carbocycles. The third-order valence-corrected chi connectivity index (χ3v) is 3.93. The lowest BCUT2D eigenvalue weighted by molar-refractivity contribution is -0.121. The number of amides is 2. The van der Waals surface area contributed by atoms with E-state index in [0.717, 1.165) is 11.1 Å². The van der Waals surface area contributed by atoms with Crippen LogP contribution in [0, 0.1) is 0 Å². The van der Waals surface area contributed by atoms with Crippen LogP contribution in [0.25, 0.3) is 6.08 Å². The summed E-state index contributed by atoms with van der Waals surface area (Å²) in [7, 11) is 1.58. The van der Waals surface area contributed by atoms with Crippen molar-refractivity contribution in [1.29, 1.82) is 0 Å². The minimum atomic E-state index is -0.233. The maximum Gasteiger partial charge on any atom is 0.244 e. The van der Waals surface area contributed by atoms with Crippen molar-refractivity contribution < 1.29 is 19.1 Å². The van der Waals surface area contributed by atoms with Crippen molar-refractivity contribution in [2.75, 3.05) is 20.2 Å². The number of ether oxygens (including phenoxy) is 2. The van der Waals surface area contributed by atoms with Gasteiger partial charge in [-0.05, 0) is 43.2 Å². The topological polar surface area (TPSA) is 76.7 Å². The quantitative estimate of drug-likeness (QED) is 0.478. The second-order valence-corrected chi connectivity index (χ2v) is 6.71. The SMILES string of the molecule is COc1cc(/C=C/C(=O)NCCNC(=O)Cc2ccccc2)ccc1OC(C)C. The molecule has 0 bridgehead atoms. The van der Waals surface area contributed by atoms with Crippen molar-refractivity contribution in [2.24, 2.45) is 0 Å². The molecular weight excluding hydrogens is 368 g/mol. The first kappa shape index (κ1) is 22.0. The van der Waals surface area contributed by atoms with Gasteiger partial charge >= 0.3 is 0 Å². The number of carbonyl (C=O) groups is 2. The van der Waals surface area contributed by atoms with E-state index in [4.69, 9.17) is 9.47 Å². The second kappa shape index (κ2) is 11.5. The summed E-state index contributed by atoms with van der Waals surface area (Å²) in [4.78, 5) is 23.8. The molecule has 2 aromatic carbocycles. The minimum absolute atomic E-state index is 0.0456. The number of hydrogen-bond acceptors (Lipinski definition) is 4. The van der Waals surface area contributed by atoms with Gasteiger partial charge in [0.15, 0.2) is 11.5 Å². The fourth-order valence-corrected chi connectivity index (χ4v) is 2.60. The Labute approximate surface area is 171 Å². The van der Waals surface area contributed by atoms with E-state index in [2.05, 4.69) is 10.6 Å². The molecule has 0 saturated heterocycles. The fourth-order valence-electron chi connectivity index (χ4n) is 2.60. The lowest BCUT2D eigenvalue weighted by Gasteiger charge is -2.13. The molecule has 154 valence electrons. The normalized spacial score (nSPS) is 10.8. The average Bonchev–Trinajstić information content (AvgIpc) is 2.70. The highest BCUT2D eigenvalue weighted by atomic mass is 16.5. The van der Waals surface area contributed by atoms with Crippen LogP contribution in [0.15, 0.2) is 54.6 Å². The number of benzene rings is 2. The number of hydrogen-bond donors (Lipinski definition) is 2. The summed E-state index contributed by atoms with van der Waals surface area (Å²) in [6.45, 7) is 4.62. The van der Waals surface area contributed by atoms with Gasteiger partial charge in [0.1, 0.15) is 0 Å². The largest absolute Gasteiger partial charge is 0.493 e. The Morgan fingerprint density at radius 1 is 1.00 bits per heavy atom. The molecular formula is C23H28N2O4. The van der Waals surface area contributed by atoms with Crippen LogP contribution in [0.5, 0.6) is 11.5 Å². The summed E-state index contributed by atoms with van der Waals surface area (Å²) < 4.78 is 11.0. The highest BCUT2D eigenvalue weighted by molar-refractivity contribution is 5.91. The van der Waals surface area contributed by atoms with Gasteiger partial charge in [-0.2, -0.15) is 0 Å². The van der Waals surface area contributed by atoms with Crippen molar-refractivity contribution in [3.05, 3.63) is 65.7 Å². The maximum atomic E-state index is 12.0. The van der Waals surface area contributed by atoms with Crippen molar-refractivity contribution in [1.82, 2.24) is 10.6 Å². The van der Waals surface area contributed by atoms with Gasteiger partial charge in [-0.25, -0.2) is 0 Å². The Bertz CT molecular complexity index is 832. The number of methoxy groups -OCH3 is 1. The third-order valence-electron chi connectivity index (χ3n) is 3.93. The molecule has 0 heterocycles. The van der Waals surface area contributed by atoms with Crippen LogP contribution in [-0.4, -0.2) is 38.1 Å². The van der Waals surface area contributed by atoms with Gasteiger partial charge < -0.3 is 20.1 Å². The standard InChI is InChI=1S/C23H28N2O4/c1-17(2)29-20-11-9-19(15-21(20)28-3)10-12-22(26)24-13-14-25-23(27)16-18-7-5-4-6-8-18/h4-12,15,17H,13-14,16H2,1-3H3,(H,24,26)(H,25,27)/b12-10+. The molecule has 0 aliphatic heterocycles. The molecule has 2 N–H and O–H groups in total. The molecule has 6 nitrogen and oxygen atoms in total. The molecule has 0 aliphatic rings. The summed E-state index contributed by atoms with van der Waals surface area (Å²) >= 11 is 0. The van der Waals surface area contributed by atoms with E-state index in [1.165, 1.54) is 6.08 Å². The van der Waals surface area contributed by atoms with Gasteiger partial charge in [0.25, 0.3) is 0 Å². The van der Waals surface area contributed by atoms with Crippen LogP contribution in [0.3, 0.4) is 0 Å². The number of nitrogens with one attached hydrogen (secondary N) is 2. The molecule has 2 amide bonds. The zero-order chi connectivity index (χ0) is 21.1. The average molecular weight is 396 g/mol. The predicted octanol–water partition coefficient (Wildman–Crippen LogP) is 2.97. The van der Waals surface area contributed by atoms with E-state index in [-0.39, 0.29) is 17.9 Å². The Morgan fingerprint density at radius 2 is 1.72 bits per heavy atom. The zero-order valence-corrected chi connectivity index (χ0v) is 17.1. The molecule has 6 heteroatoms. The van der Waals surface area contributed by atoms with Gasteiger partial charge in [-0.15, -0.1) is 0 Å². The molecule has 29 heavy (non-hydrogen) atoms. The van der Waals surface area contributed by atoms with E-state index in [1.807, 2.05) is 62.4 Å². The van der Waals surface area contributed by atoms with E-state index < -0.39 is 0 Å². The summed E-state index contributed by atoms with van der Waals surface area (Å²) in [6, 6.07) is 15.0. The first-order valence-electron chi connectivity index (χ1n) is 9.59. The van der Waals surface area contributed by atoms with E-state index in [1.54, 1.807) is 13.2 Å². The molecule has 2 rings (SSSR count). The predicted molar refractivity (Wildman–Crippen MR) is 114 cm³/mol. The van der Waals surface area contributed by atoms with E-state index >= 15 is 0 Å². The molecule has 0 fully saturated rings. The van der Waals surface area contributed by atoms with Gasteiger partial charge in [0, 0.05) is 19.2 Å². The van der Waals surface area contributed by atoms with Crippen molar-refractivity contribution in [2.45, 2.75) is 26.4 Å². The van der Waals surface area contributed by atoms with Gasteiger partial charge in [0.05, 0.1) is 19.6 Å². The monoisotopic (exact) mass is 396 g/mol. The summed E-state index contributed by atoms with van der Waals surface area (Å²) in [5.41, 5.74) is 1.78. The Kier molecular flexibility index (Phi) is 8.76. The fraction of sp³-hybridized carbons (Fsp3) is 0.304. The molecule has 2 aromatic rings. The lowest BCUT2D eigenvalue weighted by Crippen LogP contribution is -2.34.